The van der Waals surface area contributed by atoms with Gasteiger partial charge in [0.1, 0.15) is 5.82 Å². The first-order chi connectivity index (χ1) is 17.1. The fraction of sp³-hybridized carbons (Fsp3) is 0.385. The van der Waals surface area contributed by atoms with Crippen molar-refractivity contribution in [1.82, 2.24) is 15.8 Å². The second kappa shape index (κ2) is 11.7. The van der Waals surface area contributed by atoms with Crippen molar-refractivity contribution in [1.29, 1.82) is 0 Å². The molecule has 0 atom stereocenters. The number of carbonyl (C=O) groups excluding carboxylic acids is 4. The fourth-order valence-corrected chi connectivity index (χ4v) is 3.86. The van der Waals surface area contributed by atoms with E-state index in [-0.39, 0.29) is 30.1 Å². The van der Waals surface area contributed by atoms with Gasteiger partial charge in [-0.15, -0.1) is 0 Å². The number of nitrogens with one attached hydrogen (secondary N) is 4. The number of H-pyrrole nitrogens is 1. The summed E-state index contributed by atoms with van der Waals surface area (Å²) in [4.78, 5) is 56.1. The molecule has 0 unspecified atom stereocenters. The van der Waals surface area contributed by atoms with E-state index >= 15 is 0 Å². The van der Waals surface area contributed by atoms with Crippen LogP contribution >= 0.6 is 0 Å². The summed E-state index contributed by atoms with van der Waals surface area (Å²) in [5.41, 5.74) is 5.91. The van der Waals surface area contributed by atoms with Gasteiger partial charge in [0.15, 0.2) is 0 Å². The van der Waals surface area contributed by atoms with Crippen LogP contribution < -0.4 is 16.1 Å². The Labute approximate surface area is 208 Å². The molecule has 3 rings (SSSR count). The Morgan fingerprint density at radius 2 is 1.89 bits per heavy atom. The highest BCUT2D eigenvalue weighted by Gasteiger charge is 2.26. The number of benzene rings is 1. The highest BCUT2D eigenvalue weighted by Crippen LogP contribution is 2.34. The lowest BCUT2D eigenvalue weighted by atomic mass is 10.0. The van der Waals surface area contributed by atoms with Crippen molar-refractivity contribution in [3.8, 4) is 0 Å². The highest BCUT2D eigenvalue weighted by molar-refractivity contribution is 6.34. The molecule has 0 saturated carbocycles. The molecule has 1 aromatic heterocycles. The minimum absolute atomic E-state index is 0.216. The molecule has 1 aliphatic heterocycles. The van der Waals surface area contributed by atoms with Crippen LogP contribution in [0.2, 0.25) is 0 Å². The van der Waals surface area contributed by atoms with E-state index < -0.39 is 11.8 Å². The number of carbonyl (C=O) groups is 4. The summed E-state index contributed by atoms with van der Waals surface area (Å²) in [6.45, 7) is 7.34. The van der Waals surface area contributed by atoms with Crippen molar-refractivity contribution in [3.63, 3.8) is 0 Å². The predicted octanol–water partition coefficient (Wildman–Crippen LogP) is 3.78. The molecule has 0 aliphatic carbocycles. The van der Waals surface area contributed by atoms with E-state index in [9.17, 15) is 23.6 Å². The Balaban J connectivity index is 1.51. The number of anilines is 1. The number of hydrogen-bond donors (Lipinski definition) is 4. The van der Waals surface area contributed by atoms with Crippen molar-refractivity contribution < 1.29 is 28.4 Å². The van der Waals surface area contributed by atoms with Crippen LogP contribution in [0.4, 0.5) is 10.1 Å². The van der Waals surface area contributed by atoms with Crippen LogP contribution in [0.1, 0.15) is 72.4 Å². The first-order valence-corrected chi connectivity index (χ1v) is 11.9. The van der Waals surface area contributed by atoms with E-state index in [0.29, 0.717) is 65.1 Å². The van der Waals surface area contributed by atoms with E-state index in [1.807, 2.05) is 0 Å². The Hall–Kier alpha value is -3.95. The molecule has 0 radical (unpaired) electrons. The Morgan fingerprint density at radius 3 is 2.61 bits per heavy atom. The summed E-state index contributed by atoms with van der Waals surface area (Å²) in [6, 6.07) is 4.11. The van der Waals surface area contributed by atoms with E-state index in [0.717, 1.165) is 0 Å². The molecule has 0 spiro atoms. The molecule has 10 heteroatoms. The molecule has 2 aromatic rings. The number of hydroxylamine groups is 1. The molecule has 36 heavy (non-hydrogen) atoms. The van der Waals surface area contributed by atoms with Gasteiger partial charge in [0, 0.05) is 35.6 Å². The molecule has 0 bridgehead atoms. The molecule has 3 amide bonds. The molecule has 1 aliphatic rings. The van der Waals surface area contributed by atoms with E-state index in [1.165, 1.54) is 18.2 Å². The van der Waals surface area contributed by atoms with Crippen molar-refractivity contribution in [2.45, 2.75) is 53.4 Å². The molecule has 4 N–H and O–H groups in total. The van der Waals surface area contributed by atoms with Crippen molar-refractivity contribution in [3.05, 3.63) is 52.1 Å². The summed E-state index contributed by atoms with van der Waals surface area (Å²) in [5.74, 6) is -2.20. The van der Waals surface area contributed by atoms with Gasteiger partial charge >= 0.3 is 5.97 Å². The summed E-state index contributed by atoms with van der Waals surface area (Å²) in [6.07, 6.45) is 3.81. The van der Waals surface area contributed by atoms with Gasteiger partial charge < -0.3 is 20.5 Å². The molecule has 2 heterocycles. The van der Waals surface area contributed by atoms with Crippen LogP contribution in [0.5, 0.6) is 0 Å². The summed E-state index contributed by atoms with van der Waals surface area (Å²) in [5, 5.41) is 5.59. The number of fused-ring (bicyclic) bond motifs is 1. The molecule has 0 fully saturated rings. The standard InChI is InChI=1S/C26H31FN4O5/c1-14(2)26(35)36-31-22(32)8-6-5-7-11-28-25(34)23-15(3)21(29-16(23)4)13-19-18-12-17(27)9-10-20(18)30-24(19)33/h9-10,12-14,29H,5-8,11H2,1-4H3,(H,28,34)(H,30,33)(H,31,32)/b19-13-. The fourth-order valence-electron chi connectivity index (χ4n) is 3.86. The van der Waals surface area contributed by atoms with Crippen LogP contribution in [-0.2, 0) is 19.2 Å². The third-order valence-corrected chi connectivity index (χ3v) is 5.86. The molecule has 1 aromatic carbocycles. The highest BCUT2D eigenvalue weighted by atomic mass is 19.1. The predicted molar refractivity (Wildman–Crippen MR) is 133 cm³/mol. The lowest BCUT2D eigenvalue weighted by Gasteiger charge is -2.08. The smallest absolute Gasteiger partial charge is 0.334 e. The topological polar surface area (TPSA) is 129 Å². The third kappa shape index (κ3) is 6.38. The first kappa shape index (κ1) is 26.7. The van der Waals surface area contributed by atoms with Crippen molar-refractivity contribution >= 4 is 41.0 Å². The zero-order valence-electron chi connectivity index (χ0n) is 20.8. The minimum atomic E-state index is -0.494. The van der Waals surface area contributed by atoms with Crippen LogP contribution in [0, 0.1) is 25.6 Å². The molecule has 192 valence electrons. The lowest BCUT2D eigenvalue weighted by Crippen LogP contribution is -2.29. The van der Waals surface area contributed by atoms with Gasteiger partial charge in [0.2, 0.25) is 0 Å². The molecule has 0 saturated heterocycles. The van der Waals surface area contributed by atoms with Crippen LogP contribution in [0.15, 0.2) is 18.2 Å². The van der Waals surface area contributed by atoms with E-state index in [2.05, 4.69) is 25.9 Å². The number of aromatic amines is 1. The average molecular weight is 499 g/mol. The van der Waals surface area contributed by atoms with Gasteiger partial charge in [0.05, 0.1) is 17.1 Å². The van der Waals surface area contributed by atoms with Crippen molar-refractivity contribution in [2.75, 3.05) is 11.9 Å². The Bertz CT molecular complexity index is 1220. The van der Waals surface area contributed by atoms with E-state index in [1.54, 1.807) is 33.8 Å². The number of unbranched alkanes of at least 4 members (excludes halogenated alkanes) is 2. The number of hydrogen-bond acceptors (Lipinski definition) is 5. The third-order valence-electron chi connectivity index (χ3n) is 5.86. The Kier molecular flexibility index (Phi) is 8.63. The number of rotatable bonds is 9. The second-order valence-corrected chi connectivity index (χ2v) is 9.03. The maximum Gasteiger partial charge on any atom is 0.334 e. The first-order valence-electron chi connectivity index (χ1n) is 11.9. The number of aryl methyl sites for hydroxylation is 1. The van der Waals surface area contributed by atoms with Crippen LogP contribution in [0.3, 0.4) is 0 Å². The summed E-state index contributed by atoms with van der Waals surface area (Å²) >= 11 is 0. The van der Waals surface area contributed by atoms with E-state index in [4.69, 9.17) is 0 Å². The SMILES string of the molecule is Cc1[nH]c(/C=C2\C(=O)Nc3ccc(F)cc32)c(C)c1C(=O)NCCCCCC(=O)NOC(=O)C(C)C. The van der Waals surface area contributed by atoms with Crippen molar-refractivity contribution in [2.24, 2.45) is 5.92 Å². The minimum Gasteiger partial charge on any atom is -0.358 e. The maximum absolute atomic E-state index is 13.7. The van der Waals surface area contributed by atoms with Crippen LogP contribution in [0.25, 0.3) is 11.6 Å². The summed E-state index contributed by atoms with van der Waals surface area (Å²) < 4.78 is 13.7. The zero-order valence-corrected chi connectivity index (χ0v) is 20.8. The van der Waals surface area contributed by atoms with Gasteiger partial charge in [-0.1, -0.05) is 20.3 Å². The van der Waals surface area contributed by atoms with Gasteiger partial charge in [-0.05, 0) is 56.5 Å². The largest absolute Gasteiger partial charge is 0.358 e. The van der Waals surface area contributed by atoms with Crippen LogP contribution in [-0.4, -0.2) is 35.2 Å². The second-order valence-electron chi connectivity index (χ2n) is 9.03. The average Bonchev–Trinajstić information content (AvgIpc) is 3.28. The molecular formula is C26H31FN4O5. The molecule has 9 nitrogen and oxygen atoms in total. The van der Waals surface area contributed by atoms with Gasteiger partial charge in [-0.2, -0.15) is 5.48 Å². The quantitative estimate of drug-likeness (QED) is 0.238. The van der Waals surface area contributed by atoms with Gasteiger partial charge in [-0.25, -0.2) is 9.18 Å². The number of amides is 3. The zero-order chi connectivity index (χ0) is 26.4. The monoisotopic (exact) mass is 498 g/mol. The lowest BCUT2D eigenvalue weighted by molar-refractivity contribution is -0.161. The Morgan fingerprint density at radius 1 is 1.14 bits per heavy atom. The molecular weight excluding hydrogens is 467 g/mol. The summed E-state index contributed by atoms with van der Waals surface area (Å²) in [7, 11) is 0. The maximum atomic E-state index is 13.7. The normalized spacial score (nSPS) is 13.5. The number of aromatic nitrogens is 1. The van der Waals surface area contributed by atoms with Gasteiger partial charge in [-0.3, -0.25) is 14.4 Å². The van der Waals surface area contributed by atoms with Gasteiger partial charge in [0.25, 0.3) is 17.7 Å². The number of halogens is 1.